The molecule has 70 valence electrons. The Kier molecular flexibility index (Phi) is 2.27. The number of hydrogen-bond acceptors (Lipinski definition) is 5. The number of nitrogen functional groups attached to an aromatic ring is 1. The molecular weight excluding hydrogens is 166 g/mol. The maximum atomic E-state index is 5.23. The second kappa shape index (κ2) is 3.57. The van der Waals surface area contributed by atoms with Gasteiger partial charge in [-0.25, -0.2) is 15.8 Å². The van der Waals surface area contributed by atoms with E-state index in [9.17, 15) is 0 Å². The van der Waals surface area contributed by atoms with Crippen LogP contribution < -0.4 is 16.6 Å². The molecule has 0 saturated heterocycles. The van der Waals surface area contributed by atoms with Gasteiger partial charge in [-0.05, 0) is 19.3 Å². The van der Waals surface area contributed by atoms with E-state index in [0.717, 1.165) is 5.82 Å². The first-order valence-electron chi connectivity index (χ1n) is 4.43. The summed E-state index contributed by atoms with van der Waals surface area (Å²) < 4.78 is 0. The van der Waals surface area contributed by atoms with Crippen molar-refractivity contribution in [3.05, 3.63) is 12.4 Å². The Balaban J connectivity index is 2.01. The highest BCUT2D eigenvalue weighted by Gasteiger charge is 2.17. The maximum Gasteiger partial charge on any atom is 0.145 e. The number of nitrogens with two attached hydrogens (primary N) is 1. The van der Waals surface area contributed by atoms with Crippen LogP contribution >= 0.6 is 0 Å². The van der Waals surface area contributed by atoms with Gasteiger partial charge < -0.3 is 10.7 Å². The minimum Gasteiger partial charge on any atom is -0.367 e. The van der Waals surface area contributed by atoms with Gasteiger partial charge in [0.15, 0.2) is 0 Å². The van der Waals surface area contributed by atoms with Gasteiger partial charge in [0.05, 0.1) is 0 Å². The highest BCUT2D eigenvalue weighted by Crippen LogP contribution is 2.22. The van der Waals surface area contributed by atoms with E-state index in [1.54, 1.807) is 6.07 Å². The molecule has 0 amide bonds. The van der Waals surface area contributed by atoms with Crippen molar-refractivity contribution >= 4 is 11.6 Å². The predicted molar refractivity (Wildman–Crippen MR) is 51.1 cm³/mol. The number of hydrogen-bond donors (Lipinski definition) is 3. The van der Waals surface area contributed by atoms with Crippen LogP contribution in [0.4, 0.5) is 11.6 Å². The average Bonchev–Trinajstić information content (AvgIpc) is 2.12. The van der Waals surface area contributed by atoms with E-state index in [4.69, 9.17) is 5.84 Å². The summed E-state index contributed by atoms with van der Waals surface area (Å²) in [5.74, 6) is 6.70. The van der Waals surface area contributed by atoms with Crippen LogP contribution in [0.3, 0.4) is 0 Å². The zero-order valence-corrected chi connectivity index (χ0v) is 7.33. The van der Waals surface area contributed by atoms with Crippen molar-refractivity contribution in [1.29, 1.82) is 0 Å². The average molecular weight is 179 g/mol. The molecule has 1 aliphatic carbocycles. The number of hydrazine groups is 1. The molecule has 0 spiro atoms. The highest BCUT2D eigenvalue weighted by molar-refractivity contribution is 5.46. The van der Waals surface area contributed by atoms with Gasteiger partial charge in [0.1, 0.15) is 18.0 Å². The molecule has 13 heavy (non-hydrogen) atoms. The summed E-state index contributed by atoms with van der Waals surface area (Å²) in [7, 11) is 0. The minimum atomic E-state index is 0.584. The first-order valence-corrected chi connectivity index (χ1v) is 4.43. The van der Waals surface area contributed by atoms with Crippen LogP contribution in [-0.2, 0) is 0 Å². The van der Waals surface area contributed by atoms with E-state index >= 15 is 0 Å². The SMILES string of the molecule is NNc1cc(NC2CCC2)ncn1. The molecule has 5 heteroatoms. The van der Waals surface area contributed by atoms with Gasteiger partial charge in [0.2, 0.25) is 0 Å². The van der Waals surface area contributed by atoms with Gasteiger partial charge in [-0.1, -0.05) is 0 Å². The summed E-state index contributed by atoms with van der Waals surface area (Å²) in [5, 5.41) is 3.31. The molecule has 0 atom stereocenters. The molecule has 0 bridgehead atoms. The fourth-order valence-corrected chi connectivity index (χ4v) is 1.28. The summed E-state index contributed by atoms with van der Waals surface area (Å²) in [6.07, 6.45) is 5.27. The number of rotatable bonds is 3. The van der Waals surface area contributed by atoms with E-state index in [-0.39, 0.29) is 0 Å². The maximum absolute atomic E-state index is 5.23. The van der Waals surface area contributed by atoms with Crippen molar-refractivity contribution in [2.45, 2.75) is 25.3 Å². The van der Waals surface area contributed by atoms with Crippen molar-refractivity contribution in [3.8, 4) is 0 Å². The van der Waals surface area contributed by atoms with Crippen molar-refractivity contribution < 1.29 is 0 Å². The standard InChI is InChI=1S/C8H13N5/c9-13-8-4-7(10-5-11-8)12-6-2-1-3-6/h4-6H,1-3,9H2,(H2,10,11,12,13). The molecule has 1 heterocycles. The van der Waals surface area contributed by atoms with E-state index in [2.05, 4.69) is 20.7 Å². The van der Waals surface area contributed by atoms with Gasteiger partial charge in [0.25, 0.3) is 0 Å². The Hall–Kier alpha value is -1.36. The third-order valence-corrected chi connectivity index (χ3v) is 2.27. The quantitative estimate of drug-likeness (QED) is 0.471. The van der Waals surface area contributed by atoms with Crippen molar-refractivity contribution in [1.82, 2.24) is 9.97 Å². The van der Waals surface area contributed by atoms with E-state index in [1.807, 2.05) is 0 Å². The Labute approximate surface area is 76.7 Å². The molecule has 1 aliphatic rings. The van der Waals surface area contributed by atoms with Gasteiger partial charge in [-0.3, -0.25) is 0 Å². The summed E-state index contributed by atoms with van der Waals surface area (Å²) in [6, 6.07) is 2.39. The summed E-state index contributed by atoms with van der Waals surface area (Å²) in [6.45, 7) is 0. The molecule has 0 radical (unpaired) electrons. The first-order chi connectivity index (χ1) is 6.38. The van der Waals surface area contributed by atoms with Gasteiger partial charge in [0, 0.05) is 12.1 Å². The van der Waals surface area contributed by atoms with Crippen LogP contribution in [0.2, 0.25) is 0 Å². The molecule has 1 aromatic heterocycles. The predicted octanol–water partition coefficient (Wildman–Crippen LogP) is 0.727. The number of nitrogens with zero attached hydrogens (tertiary/aromatic N) is 2. The Morgan fingerprint density at radius 2 is 2.08 bits per heavy atom. The van der Waals surface area contributed by atoms with E-state index < -0.39 is 0 Å². The summed E-state index contributed by atoms with van der Waals surface area (Å²) in [5.41, 5.74) is 2.49. The van der Waals surface area contributed by atoms with Crippen LogP contribution in [0.25, 0.3) is 0 Å². The van der Waals surface area contributed by atoms with Crippen molar-refractivity contribution in [3.63, 3.8) is 0 Å². The Morgan fingerprint density at radius 1 is 1.31 bits per heavy atom. The van der Waals surface area contributed by atoms with Crippen LogP contribution in [-0.4, -0.2) is 16.0 Å². The van der Waals surface area contributed by atoms with E-state index in [1.165, 1.54) is 25.6 Å². The molecule has 1 aromatic rings. The fourth-order valence-electron chi connectivity index (χ4n) is 1.28. The van der Waals surface area contributed by atoms with Crippen LogP contribution in [0.5, 0.6) is 0 Å². The van der Waals surface area contributed by atoms with Crippen molar-refractivity contribution in [2.24, 2.45) is 5.84 Å². The molecule has 4 N–H and O–H groups in total. The summed E-state index contributed by atoms with van der Waals surface area (Å²) in [4.78, 5) is 8.01. The zero-order valence-electron chi connectivity index (χ0n) is 7.33. The number of aromatic nitrogens is 2. The largest absolute Gasteiger partial charge is 0.367 e. The topological polar surface area (TPSA) is 75.9 Å². The highest BCUT2D eigenvalue weighted by atomic mass is 15.3. The molecule has 1 saturated carbocycles. The number of anilines is 2. The fraction of sp³-hybridized carbons (Fsp3) is 0.500. The number of nitrogens with one attached hydrogen (secondary N) is 2. The molecular formula is C8H13N5. The van der Waals surface area contributed by atoms with Crippen LogP contribution in [0, 0.1) is 0 Å². The third kappa shape index (κ3) is 1.86. The molecule has 0 aliphatic heterocycles. The van der Waals surface area contributed by atoms with Gasteiger partial charge >= 0.3 is 0 Å². The first kappa shape index (κ1) is 8.25. The molecule has 5 nitrogen and oxygen atoms in total. The van der Waals surface area contributed by atoms with Crippen LogP contribution in [0.1, 0.15) is 19.3 Å². The molecule has 0 unspecified atom stereocenters. The smallest absolute Gasteiger partial charge is 0.145 e. The molecule has 0 aromatic carbocycles. The van der Waals surface area contributed by atoms with E-state index in [0.29, 0.717) is 11.9 Å². The lowest BCUT2D eigenvalue weighted by Gasteiger charge is -2.26. The second-order valence-electron chi connectivity index (χ2n) is 3.20. The lowest BCUT2D eigenvalue weighted by atomic mass is 9.93. The molecule has 2 rings (SSSR count). The zero-order chi connectivity index (χ0) is 9.10. The van der Waals surface area contributed by atoms with Crippen LogP contribution in [0.15, 0.2) is 12.4 Å². The van der Waals surface area contributed by atoms with Crippen molar-refractivity contribution in [2.75, 3.05) is 10.7 Å². The monoisotopic (exact) mass is 179 g/mol. The Morgan fingerprint density at radius 3 is 2.69 bits per heavy atom. The van der Waals surface area contributed by atoms with Gasteiger partial charge in [-0.15, -0.1) is 0 Å². The second-order valence-corrected chi connectivity index (χ2v) is 3.20. The normalized spacial score (nSPS) is 16.4. The lowest BCUT2D eigenvalue weighted by Crippen LogP contribution is -2.27. The minimum absolute atomic E-state index is 0.584. The van der Waals surface area contributed by atoms with Gasteiger partial charge in [-0.2, -0.15) is 0 Å². The lowest BCUT2D eigenvalue weighted by molar-refractivity contribution is 0.444. The third-order valence-electron chi connectivity index (χ3n) is 2.27. The molecule has 1 fully saturated rings. The summed E-state index contributed by atoms with van der Waals surface area (Å²) >= 11 is 0. The Bertz CT molecular complexity index is 284.